The molecule has 0 saturated carbocycles. The number of ether oxygens (including phenoxy) is 1. The van der Waals surface area contributed by atoms with Gasteiger partial charge >= 0.3 is 0 Å². The molecular formula is C20H25N3O2. The summed E-state index contributed by atoms with van der Waals surface area (Å²) < 4.78 is 5.45. The molecule has 0 bridgehead atoms. The summed E-state index contributed by atoms with van der Waals surface area (Å²) in [5.74, 6) is 1.31. The molecule has 2 aromatic rings. The Kier molecular flexibility index (Phi) is 5.56. The van der Waals surface area contributed by atoms with E-state index in [0.717, 1.165) is 36.5 Å². The summed E-state index contributed by atoms with van der Waals surface area (Å²) in [6.07, 6.45) is 1.06. The van der Waals surface area contributed by atoms with Gasteiger partial charge in [-0.3, -0.25) is 4.79 Å². The first kappa shape index (κ1) is 17.3. The molecule has 1 atom stereocenters. The predicted molar refractivity (Wildman–Crippen MR) is 100.0 cm³/mol. The molecule has 5 nitrogen and oxygen atoms in total. The Bertz CT molecular complexity index is 715. The summed E-state index contributed by atoms with van der Waals surface area (Å²) in [4.78, 5) is 14.6. The molecule has 1 unspecified atom stereocenters. The molecule has 1 fully saturated rings. The number of nitrogens with zero attached hydrogens (tertiary/aromatic N) is 1. The van der Waals surface area contributed by atoms with Gasteiger partial charge in [-0.1, -0.05) is 24.3 Å². The summed E-state index contributed by atoms with van der Waals surface area (Å²) in [5.41, 5.74) is 8.41. The first-order chi connectivity index (χ1) is 12.2. The highest BCUT2D eigenvalue weighted by Gasteiger charge is 2.24. The molecule has 1 heterocycles. The minimum absolute atomic E-state index is 0.0284. The van der Waals surface area contributed by atoms with Gasteiger partial charge in [-0.2, -0.15) is 0 Å². The first-order valence-electron chi connectivity index (χ1n) is 8.66. The van der Waals surface area contributed by atoms with E-state index in [1.54, 1.807) is 7.11 Å². The Hall–Kier alpha value is -2.53. The number of nitrogens with one attached hydrogen (secondary N) is 1. The van der Waals surface area contributed by atoms with Gasteiger partial charge in [-0.15, -0.1) is 0 Å². The fourth-order valence-corrected chi connectivity index (χ4v) is 3.24. The maximum absolute atomic E-state index is 12.3. The average Bonchev–Trinajstić information content (AvgIpc) is 3.15. The van der Waals surface area contributed by atoms with Crippen molar-refractivity contribution in [3.05, 3.63) is 59.7 Å². The zero-order chi connectivity index (χ0) is 17.6. The second-order valence-corrected chi connectivity index (χ2v) is 6.38. The number of para-hydroxylation sites is 2. The molecule has 25 heavy (non-hydrogen) atoms. The van der Waals surface area contributed by atoms with Crippen LogP contribution in [0.25, 0.3) is 0 Å². The molecule has 1 amide bonds. The van der Waals surface area contributed by atoms with Crippen molar-refractivity contribution in [3.8, 4) is 5.75 Å². The minimum Gasteiger partial charge on any atom is -0.495 e. The number of methoxy groups -OCH3 is 1. The largest absolute Gasteiger partial charge is 0.495 e. The highest BCUT2D eigenvalue weighted by Crippen LogP contribution is 2.31. The summed E-state index contributed by atoms with van der Waals surface area (Å²) >= 11 is 0. The van der Waals surface area contributed by atoms with Crippen molar-refractivity contribution >= 4 is 11.6 Å². The third-order valence-corrected chi connectivity index (χ3v) is 4.71. The monoisotopic (exact) mass is 339 g/mol. The van der Waals surface area contributed by atoms with Crippen LogP contribution in [0.4, 0.5) is 5.69 Å². The van der Waals surface area contributed by atoms with Crippen LogP contribution in [0.3, 0.4) is 0 Å². The standard InChI is InChI=1S/C20H25N3O2/c1-25-19-5-3-2-4-18(19)23-11-10-16(14-23)13-22-20(24)17-8-6-15(12-21)7-9-17/h2-9,16H,10-14,21H2,1H3,(H,22,24). The molecule has 3 N–H and O–H groups in total. The van der Waals surface area contributed by atoms with E-state index >= 15 is 0 Å². The molecule has 0 spiro atoms. The molecule has 5 heteroatoms. The number of carbonyl (C=O) groups excluding carboxylic acids is 1. The normalized spacial score (nSPS) is 16.7. The number of carbonyl (C=O) groups is 1. The van der Waals surface area contributed by atoms with Crippen molar-refractivity contribution in [2.75, 3.05) is 31.6 Å². The summed E-state index contributed by atoms with van der Waals surface area (Å²) in [6, 6.07) is 15.5. The van der Waals surface area contributed by atoms with Gasteiger partial charge in [0.05, 0.1) is 12.8 Å². The van der Waals surface area contributed by atoms with Crippen LogP contribution in [0.15, 0.2) is 48.5 Å². The predicted octanol–water partition coefficient (Wildman–Crippen LogP) is 2.41. The van der Waals surface area contributed by atoms with Gasteiger partial charge in [0.1, 0.15) is 5.75 Å². The third kappa shape index (κ3) is 4.12. The number of amides is 1. The molecular weight excluding hydrogens is 314 g/mol. The lowest BCUT2D eigenvalue weighted by molar-refractivity contribution is 0.0948. The van der Waals surface area contributed by atoms with E-state index < -0.39 is 0 Å². The lowest BCUT2D eigenvalue weighted by Crippen LogP contribution is -2.31. The maximum atomic E-state index is 12.3. The number of hydrogen-bond acceptors (Lipinski definition) is 4. The van der Waals surface area contributed by atoms with Gasteiger partial charge in [0, 0.05) is 31.7 Å². The quantitative estimate of drug-likeness (QED) is 0.848. The van der Waals surface area contributed by atoms with Crippen molar-refractivity contribution in [2.45, 2.75) is 13.0 Å². The van der Waals surface area contributed by atoms with Crippen LogP contribution in [-0.4, -0.2) is 32.7 Å². The molecule has 2 aromatic carbocycles. The fraction of sp³-hybridized carbons (Fsp3) is 0.350. The number of benzene rings is 2. The zero-order valence-corrected chi connectivity index (χ0v) is 14.6. The number of hydrogen-bond donors (Lipinski definition) is 2. The van der Waals surface area contributed by atoms with Crippen molar-refractivity contribution in [1.29, 1.82) is 0 Å². The lowest BCUT2D eigenvalue weighted by Gasteiger charge is -2.21. The van der Waals surface area contributed by atoms with E-state index in [0.29, 0.717) is 24.6 Å². The molecule has 1 aliphatic rings. The molecule has 0 aliphatic carbocycles. The summed E-state index contributed by atoms with van der Waals surface area (Å²) in [6.45, 7) is 3.07. The Morgan fingerprint density at radius 1 is 1.24 bits per heavy atom. The van der Waals surface area contributed by atoms with E-state index in [2.05, 4.69) is 16.3 Å². The van der Waals surface area contributed by atoms with Crippen LogP contribution in [0.1, 0.15) is 22.3 Å². The molecule has 0 aromatic heterocycles. The molecule has 3 rings (SSSR count). The first-order valence-corrected chi connectivity index (χ1v) is 8.66. The van der Waals surface area contributed by atoms with E-state index in [9.17, 15) is 4.79 Å². The van der Waals surface area contributed by atoms with Gasteiger partial charge in [-0.05, 0) is 42.2 Å². The SMILES string of the molecule is COc1ccccc1N1CCC(CNC(=O)c2ccc(CN)cc2)C1. The van der Waals surface area contributed by atoms with Crippen LogP contribution in [0.2, 0.25) is 0 Å². The van der Waals surface area contributed by atoms with Crippen LogP contribution in [-0.2, 0) is 6.54 Å². The fourth-order valence-electron chi connectivity index (χ4n) is 3.24. The van der Waals surface area contributed by atoms with Crippen LogP contribution in [0, 0.1) is 5.92 Å². The van der Waals surface area contributed by atoms with Crippen LogP contribution in [0.5, 0.6) is 5.75 Å². The second-order valence-electron chi connectivity index (χ2n) is 6.38. The van der Waals surface area contributed by atoms with Gasteiger partial charge in [0.15, 0.2) is 0 Å². The van der Waals surface area contributed by atoms with Crippen LogP contribution >= 0.6 is 0 Å². The molecule has 1 aliphatic heterocycles. The summed E-state index contributed by atoms with van der Waals surface area (Å²) in [7, 11) is 1.70. The van der Waals surface area contributed by atoms with Gasteiger partial charge < -0.3 is 20.7 Å². The van der Waals surface area contributed by atoms with E-state index in [4.69, 9.17) is 10.5 Å². The Morgan fingerprint density at radius 3 is 2.72 bits per heavy atom. The smallest absolute Gasteiger partial charge is 0.251 e. The minimum atomic E-state index is -0.0284. The number of anilines is 1. The van der Waals surface area contributed by atoms with Gasteiger partial charge in [0.25, 0.3) is 5.91 Å². The van der Waals surface area contributed by atoms with E-state index in [-0.39, 0.29) is 5.91 Å². The Labute approximate surface area is 148 Å². The Morgan fingerprint density at radius 2 is 2.00 bits per heavy atom. The summed E-state index contributed by atoms with van der Waals surface area (Å²) in [5, 5.41) is 3.05. The zero-order valence-electron chi connectivity index (χ0n) is 14.6. The van der Waals surface area contributed by atoms with Crippen molar-refractivity contribution in [2.24, 2.45) is 11.7 Å². The van der Waals surface area contributed by atoms with E-state index in [1.165, 1.54) is 0 Å². The van der Waals surface area contributed by atoms with Crippen molar-refractivity contribution in [1.82, 2.24) is 5.32 Å². The van der Waals surface area contributed by atoms with Crippen molar-refractivity contribution in [3.63, 3.8) is 0 Å². The maximum Gasteiger partial charge on any atom is 0.251 e. The molecule has 0 radical (unpaired) electrons. The number of rotatable bonds is 6. The Balaban J connectivity index is 1.53. The molecule has 132 valence electrons. The average molecular weight is 339 g/mol. The second kappa shape index (κ2) is 8.03. The van der Waals surface area contributed by atoms with Gasteiger partial charge in [-0.25, -0.2) is 0 Å². The molecule has 1 saturated heterocycles. The lowest BCUT2D eigenvalue weighted by atomic mass is 10.1. The van der Waals surface area contributed by atoms with E-state index in [1.807, 2.05) is 42.5 Å². The number of nitrogens with two attached hydrogens (primary N) is 1. The highest BCUT2D eigenvalue weighted by atomic mass is 16.5. The van der Waals surface area contributed by atoms with Crippen LogP contribution < -0.4 is 20.7 Å². The highest BCUT2D eigenvalue weighted by molar-refractivity contribution is 5.94. The van der Waals surface area contributed by atoms with Gasteiger partial charge in [0.2, 0.25) is 0 Å². The van der Waals surface area contributed by atoms with Crippen molar-refractivity contribution < 1.29 is 9.53 Å². The third-order valence-electron chi connectivity index (χ3n) is 4.71. The topological polar surface area (TPSA) is 67.6 Å².